The average Bonchev–Trinajstić information content (AvgIpc) is 2.70. The lowest BCUT2D eigenvalue weighted by molar-refractivity contribution is -0.119. The quantitative estimate of drug-likeness (QED) is 0.882. The van der Waals surface area contributed by atoms with Gasteiger partial charge in [0.1, 0.15) is 0 Å². The molecule has 1 amide bonds. The third-order valence-electron chi connectivity index (χ3n) is 3.27. The monoisotopic (exact) mass is 296 g/mol. The van der Waals surface area contributed by atoms with Crippen molar-refractivity contribution in [2.75, 3.05) is 5.32 Å². The zero-order valence-corrected chi connectivity index (χ0v) is 11.5. The molecule has 0 spiro atoms. The molecule has 1 aromatic rings. The summed E-state index contributed by atoms with van der Waals surface area (Å²) in [6, 6.07) is 6.02. The van der Waals surface area contributed by atoms with Gasteiger partial charge >= 0.3 is 0 Å². The van der Waals surface area contributed by atoms with Crippen molar-refractivity contribution in [3.05, 3.63) is 28.2 Å². The first kappa shape index (κ1) is 12.6. The van der Waals surface area contributed by atoms with Gasteiger partial charge < -0.3 is 11.1 Å². The summed E-state index contributed by atoms with van der Waals surface area (Å²) < 4.78 is 1.05. The number of carbonyl (C=O) groups excluding carboxylic acids is 1. The Kier molecular flexibility index (Phi) is 3.84. The van der Waals surface area contributed by atoms with Crippen molar-refractivity contribution in [3.8, 4) is 0 Å². The highest BCUT2D eigenvalue weighted by atomic mass is 79.9. The zero-order valence-electron chi connectivity index (χ0n) is 9.87. The van der Waals surface area contributed by atoms with Crippen LogP contribution in [-0.2, 0) is 4.79 Å². The Morgan fingerprint density at radius 3 is 2.82 bits per heavy atom. The van der Waals surface area contributed by atoms with E-state index in [0.29, 0.717) is 0 Å². The number of nitrogens with one attached hydrogen (secondary N) is 1. The summed E-state index contributed by atoms with van der Waals surface area (Å²) in [5.74, 6) is 0.175. The van der Waals surface area contributed by atoms with Gasteiger partial charge in [-0.3, -0.25) is 4.79 Å². The third kappa shape index (κ3) is 3.07. The van der Waals surface area contributed by atoms with E-state index in [1.807, 2.05) is 25.1 Å². The summed E-state index contributed by atoms with van der Waals surface area (Å²) in [7, 11) is 0. The lowest BCUT2D eigenvalue weighted by atomic mass is 10.1. The molecule has 1 aromatic carbocycles. The maximum absolute atomic E-state index is 12.0. The maximum Gasteiger partial charge on any atom is 0.227 e. The molecule has 0 aromatic heterocycles. The van der Waals surface area contributed by atoms with E-state index in [9.17, 15) is 4.79 Å². The molecule has 3 nitrogen and oxygen atoms in total. The van der Waals surface area contributed by atoms with Gasteiger partial charge in [0.2, 0.25) is 5.91 Å². The number of aryl methyl sites for hydroxylation is 1. The summed E-state index contributed by atoms with van der Waals surface area (Å²) in [6.07, 6.45) is 2.67. The molecule has 17 heavy (non-hydrogen) atoms. The fourth-order valence-corrected chi connectivity index (χ4v) is 2.47. The minimum absolute atomic E-state index is 0.0777. The molecule has 3 N–H and O–H groups in total. The fraction of sp³-hybridized carbons (Fsp3) is 0.462. The Balaban J connectivity index is 2.00. The molecule has 1 fully saturated rings. The van der Waals surface area contributed by atoms with Gasteiger partial charge in [-0.2, -0.15) is 0 Å². The number of anilines is 1. The summed E-state index contributed by atoms with van der Waals surface area (Å²) in [4.78, 5) is 12.0. The van der Waals surface area contributed by atoms with E-state index in [4.69, 9.17) is 5.73 Å². The number of nitrogens with two attached hydrogens (primary N) is 1. The van der Waals surface area contributed by atoms with Crippen LogP contribution in [0.2, 0.25) is 0 Å². The van der Waals surface area contributed by atoms with Crippen molar-refractivity contribution in [3.63, 3.8) is 0 Å². The molecule has 0 saturated heterocycles. The Hall–Kier alpha value is -0.870. The molecule has 0 aliphatic heterocycles. The summed E-state index contributed by atoms with van der Waals surface area (Å²) >= 11 is 3.44. The lowest BCUT2D eigenvalue weighted by Crippen LogP contribution is -2.23. The van der Waals surface area contributed by atoms with E-state index >= 15 is 0 Å². The number of carbonyl (C=O) groups is 1. The van der Waals surface area contributed by atoms with E-state index in [0.717, 1.165) is 35.0 Å². The van der Waals surface area contributed by atoms with Gasteiger partial charge in [-0.05, 0) is 49.9 Å². The minimum Gasteiger partial charge on any atom is -0.328 e. The molecular formula is C13H17BrN2O. The molecular weight excluding hydrogens is 280 g/mol. The van der Waals surface area contributed by atoms with Gasteiger partial charge in [0.25, 0.3) is 0 Å². The van der Waals surface area contributed by atoms with Gasteiger partial charge in [-0.15, -0.1) is 0 Å². The highest BCUT2D eigenvalue weighted by Gasteiger charge is 2.27. The summed E-state index contributed by atoms with van der Waals surface area (Å²) in [5.41, 5.74) is 7.79. The molecule has 0 bridgehead atoms. The second-order valence-electron chi connectivity index (χ2n) is 4.72. The average molecular weight is 297 g/mol. The van der Waals surface area contributed by atoms with Crippen LogP contribution >= 0.6 is 15.9 Å². The molecule has 0 radical (unpaired) electrons. The van der Waals surface area contributed by atoms with Crippen molar-refractivity contribution in [2.24, 2.45) is 11.7 Å². The predicted molar refractivity (Wildman–Crippen MR) is 72.8 cm³/mol. The highest BCUT2D eigenvalue weighted by Crippen LogP contribution is 2.26. The number of amides is 1. The van der Waals surface area contributed by atoms with Gasteiger partial charge in [-0.1, -0.05) is 15.9 Å². The van der Waals surface area contributed by atoms with E-state index in [-0.39, 0.29) is 17.9 Å². The van der Waals surface area contributed by atoms with Crippen molar-refractivity contribution < 1.29 is 4.79 Å². The first-order valence-corrected chi connectivity index (χ1v) is 6.68. The minimum atomic E-state index is 0.0777. The second-order valence-corrected chi connectivity index (χ2v) is 5.58. The van der Waals surface area contributed by atoms with Crippen molar-refractivity contribution >= 4 is 27.5 Å². The van der Waals surface area contributed by atoms with E-state index in [2.05, 4.69) is 21.2 Å². The van der Waals surface area contributed by atoms with Crippen LogP contribution in [0.15, 0.2) is 22.7 Å². The first-order valence-electron chi connectivity index (χ1n) is 5.89. The lowest BCUT2D eigenvalue weighted by Gasteiger charge is -2.11. The normalized spacial score (nSPS) is 23.7. The van der Waals surface area contributed by atoms with Crippen molar-refractivity contribution in [1.82, 2.24) is 0 Å². The molecule has 2 atom stereocenters. The van der Waals surface area contributed by atoms with Crippen molar-refractivity contribution in [2.45, 2.75) is 32.2 Å². The van der Waals surface area contributed by atoms with Crippen LogP contribution < -0.4 is 11.1 Å². The van der Waals surface area contributed by atoms with Crippen LogP contribution in [0.3, 0.4) is 0 Å². The summed E-state index contributed by atoms with van der Waals surface area (Å²) in [5, 5.41) is 2.96. The van der Waals surface area contributed by atoms with Crippen LogP contribution in [0.4, 0.5) is 5.69 Å². The predicted octanol–water partition coefficient (Wildman–Crippen LogP) is 2.82. The molecule has 4 heteroatoms. The van der Waals surface area contributed by atoms with Gasteiger partial charge in [-0.25, -0.2) is 0 Å². The molecule has 1 aliphatic rings. The van der Waals surface area contributed by atoms with E-state index in [1.54, 1.807) is 0 Å². The maximum atomic E-state index is 12.0. The Labute approximate surface area is 110 Å². The Morgan fingerprint density at radius 1 is 1.47 bits per heavy atom. The Bertz CT molecular complexity index is 433. The summed E-state index contributed by atoms with van der Waals surface area (Å²) in [6.45, 7) is 2.01. The molecule has 1 saturated carbocycles. The van der Waals surface area contributed by atoms with E-state index < -0.39 is 0 Å². The molecule has 2 rings (SSSR count). The number of rotatable bonds is 2. The first-order chi connectivity index (χ1) is 8.06. The van der Waals surface area contributed by atoms with Gasteiger partial charge in [0, 0.05) is 22.1 Å². The number of hydrogen-bond acceptors (Lipinski definition) is 2. The number of halogens is 1. The molecule has 1 aliphatic carbocycles. The van der Waals surface area contributed by atoms with Gasteiger partial charge in [0.05, 0.1) is 0 Å². The topological polar surface area (TPSA) is 55.1 Å². The van der Waals surface area contributed by atoms with E-state index in [1.165, 1.54) is 0 Å². The fourth-order valence-electron chi connectivity index (χ4n) is 2.22. The van der Waals surface area contributed by atoms with Crippen LogP contribution in [0.1, 0.15) is 24.8 Å². The second kappa shape index (κ2) is 5.19. The smallest absolute Gasteiger partial charge is 0.227 e. The zero-order chi connectivity index (χ0) is 12.4. The molecule has 2 unspecified atom stereocenters. The molecule has 0 heterocycles. The highest BCUT2D eigenvalue weighted by molar-refractivity contribution is 9.10. The largest absolute Gasteiger partial charge is 0.328 e. The van der Waals surface area contributed by atoms with Crippen molar-refractivity contribution in [1.29, 1.82) is 0 Å². The SMILES string of the molecule is Cc1cc(NC(=O)C2CCC(N)C2)ccc1Br. The van der Waals surface area contributed by atoms with Crippen LogP contribution in [0.5, 0.6) is 0 Å². The van der Waals surface area contributed by atoms with Gasteiger partial charge in [0.15, 0.2) is 0 Å². The van der Waals surface area contributed by atoms with Crippen LogP contribution in [0, 0.1) is 12.8 Å². The van der Waals surface area contributed by atoms with Crippen LogP contribution in [-0.4, -0.2) is 11.9 Å². The number of hydrogen-bond donors (Lipinski definition) is 2. The third-order valence-corrected chi connectivity index (χ3v) is 4.16. The Morgan fingerprint density at radius 2 is 2.24 bits per heavy atom. The molecule has 92 valence electrons. The standard InChI is InChI=1S/C13H17BrN2O/c1-8-6-11(4-5-12(8)14)16-13(17)9-2-3-10(15)7-9/h4-6,9-10H,2-3,7,15H2,1H3,(H,16,17). The van der Waals surface area contributed by atoms with Crippen LogP contribution in [0.25, 0.3) is 0 Å². The number of benzene rings is 1.